The standard InChI is InChI=1S/C17H24FNO2/c1-12(10-13-4-8-16(18)9-5-13)19-11-14-2-6-15(7-3-14)17(20)21/h4-5,8-9,12,14-15,19H,2-3,6-7,10-11H2,1H3,(H,20,21). The fraction of sp³-hybridized carbons (Fsp3) is 0.588. The van der Waals surface area contributed by atoms with E-state index >= 15 is 0 Å². The van der Waals surface area contributed by atoms with E-state index < -0.39 is 5.97 Å². The van der Waals surface area contributed by atoms with Crippen LogP contribution < -0.4 is 5.32 Å². The fourth-order valence-electron chi connectivity index (χ4n) is 3.03. The van der Waals surface area contributed by atoms with Crippen molar-refractivity contribution < 1.29 is 14.3 Å². The number of hydrogen-bond donors (Lipinski definition) is 2. The molecule has 0 spiro atoms. The minimum atomic E-state index is -0.647. The van der Waals surface area contributed by atoms with Crippen LogP contribution in [0.2, 0.25) is 0 Å². The van der Waals surface area contributed by atoms with Crippen LogP contribution in [0.1, 0.15) is 38.2 Å². The number of carboxylic acids is 1. The van der Waals surface area contributed by atoms with Gasteiger partial charge in [0.25, 0.3) is 0 Å². The zero-order valence-corrected chi connectivity index (χ0v) is 12.5. The van der Waals surface area contributed by atoms with Gasteiger partial charge in [-0.05, 0) is 69.2 Å². The summed E-state index contributed by atoms with van der Waals surface area (Å²) in [5.74, 6) is -0.408. The van der Waals surface area contributed by atoms with Crippen LogP contribution in [0.4, 0.5) is 4.39 Å². The molecule has 3 nitrogen and oxygen atoms in total. The van der Waals surface area contributed by atoms with Crippen molar-refractivity contribution in [3.8, 4) is 0 Å². The van der Waals surface area contributed by atoms with Crippen molar-refractivity contribution in [1.29, 1.82) is 0 Å². The van der Waals surface area contributed by atoms with E-state index in [2.05, 4.69) is 12.2 Å². The Hall–Kier alpha value is -1.42. The molecule has 1 aliphatic rings. The molecule has 2 rings (SSSR count). The van der Waals surface area contributed by atoms with Crippen LogP contribution in [0, 0.1) is 17.7 Å². The summed E-state index contributed by atoms with van der Waals surface area (Å²) in [6.07, 6.45) is 4.47. The van der Waals surface area contributed by atoms with E-state index in [-0.39, 0.29) is 11.7 Å². The first-order chi connectivity index (χ1) is 10.0. The van der Waals surface area contributed by atoms with Crippen molar-refractivity contribution >= 4 is 5.97 Å². The first-order valence-electron chi connectivity index (χ1n) is 7.75. The molecule has 0 bridgehead atoms. The average Bonchev–Trinajstić information content (AvgIpc) is 2.48. The maximum atomic E-state index is 12.8. The lowest BCUT2D eigenvalue weighted by Gasteiger charge is -2.27. The number of carboxylic acid groups (broad SMARTS) is 1. The number of rotatable bonds is 6. The lowest BCUT2D eigenvalue weighted by molar-refractivity contribution is -0.143. The summed E-state index contributed by atoms with van der Waals surface area (Å²) in [7, 11) is 0. The first-order valence-corrected chi connectivity index (χ1v) is 7.75. The Labute approximate surface area is 125 Å². The fourth-order valence-corrected chi connectivity index (χ4v) is 3.03. The second kappa shape index (κ2) is 7.55. The molecule has 2 N–H and O–H groups in total. The molecule has 0 aliphatic heterocycles. The molecule has 21 heavy (non-hydrogen) atoms. The van der Waals surface area contributed by atoms with Crippen molar-refractivity contribution in [2.45, 2.75) is 45.1 Å². The molecule has 1 atom stereocenters. The number of carbonyl (C=O) groups is 1. The Morgan fingerprint density at radius 2 is 1.90 bits per heavy atom. The Balaban J connectivity index is 1.68. The van der Waals surface area contributed by atoms with Crippen molar-refractivity contribution in [2.75, 3.05) is 6.54 Å². The molecule has 1 aromatic rings. The normalized spacial score (nSPS) is 23.7. The monoisotopic (exact) mass is 293 g/mol. The van der Waals surface area contributed by atoms with Crippen molar-refractivity contribution in [2.24, 2.45) is 11.8 Å². The van der Waals surface area contributed by atoms with Crippen molar-refractivity contribution in [3.63, 3.8) is 0 Å². The van der Waals surface area contributed by atoms with Gasteiger partial charge in [-0.25, -0.2) is 4.39 Å². The van der Waals surface area contributed by atoms with Gasteiger partial charge in [-0.15, -0.1) is 0 Å². The molecule has 1 unspecified atom stereocenters. The Morgan fingerprint density at radius 3 is 2.48 bits per heavy atom. The summed E-state index contributed by atoms with van der Waals surface area (Å²) >= 11 is 0. The molecule has 0 radical (unpaired) electrons. The smallest absolute Gasteiger partial charge is 0.306 e. The lowest BCUT2D eigenvalue weighted by Crippen LogP contribution is -2.34. The molecular weight excluding hydrogens is 269 g/mol. The summed E-state index contributed by atoms with van der Waals surface area (Å²) < 4.78 is 12.8. The highest BCUT2D eigenvalue weighted by atomic mass is 19.1. The quantitative estimate of drug-likeness (QED) is 0.846. The van der Waals surface area contributed by atoms with E-state index in [1.165, 1.54) is 12.1 Å². The Morgan fingerprint density at radius 1 is 1.29 bits per heavy atom. The molecular formula is C17H24FNO2. The van der Waals surface area contributed by atoms with Crippen LogP contribution in [0.25, 0.3) is 0 Å². The van der Waals surface area contributed by atoms with Crippen LogP contribution in [-0.2, 0) is 11.2 Å². The molecule has 0 amide bonds. The number of nitrogens with one attached hydrogen (secondary N) is 1. The van der Waals surface area contributed by atoms with Crippen LogP contribution in [0.5, 0.6) is 0 Å². The first kappa shape index (κ1) is 16.0. The van der Waals surface area contributed by atoms with E-state index in [1.807, 2.05) is 12.1 Å². The molecule has 0 aromatic heterocycles. The van der Waals surface area contributed by atoms with Gasteiger partial charge in [0, 0.05) is 6.04 Å². The molecule has 1 fully saturated rings. The van der Waals surface area contributed by atoms with Gasteiger partial charge in [0.05, 0.1) is 5.92 Å². The van der Waals surface area contributed by atoms with Crippen molar-refractivity contribution in [1.82, 2.24) is 5.32 Å². The van der Waals surface area contributed by atoms with Gasteiger partial charge in [0.2, 0.25) is 0 Å². The van der Waals surface area contributed by atoms with E-state index in [9.17, 15) is 9.18 Å². The molecule has 0 saturated heterocycles. The van der Waals surface area contributed by atoms with Gasteiger partial charge in [-0.1, -0.05) is 12.1 Å². The van der Waals surface area contributed by atoms with E-state index in [1.54, 1.807) is 0 Å². The van der Waals surface area contributed by atoms with Crippen LogP contribution >= 0.6 is 0 Å². The van der Waals surface area contributed by atoms with Gasteiger partial charge >= 0.3 is 5.97 Å². The van der Waals surface area contributed by atoms with Gasteiger partial charge in [-0.2, -0.15) is 0 Å². The molecule has 1 aromatic carbocycles. The maximum Gasteiger partial charge on any atom is 0.306 e. The minimum absolute atomic E-state index is 0.141. The highest BCUT2D eigenvalue weighted by Crippen LogP contribution is 2.28. The second-order valence-corrected chi connectivity index (χ2v) is 6.20. The Bertz CT molecular complexity index is 452. The number of benzene rings is 1. The summed E-state index contributed by atoms with van der Waals surface area (Å²) in [4.78, 5) is 10.9. The minimum Gasteiger partial charge on any atom is -0.481 e. The van der Waals surface area contributed by atoms with Gasteiger partial charge in [0.1, 0.15) is 5.82 Å². The molecule has 0 heterocycles. The Kier molecular flexibility index (Phi) is 5.74. The summed E-state index contributed by atoms with van der Waals surface area (Å²) in [6.45, 7) is 3.07. The summed E-state index contributed by atoms with van der Waals surface area (Å²) in [5, 5.41) is 12.5. The third kappa shape index (κ3) is 5.12. The number of hydrogen-bond acceptors (Lipinski definition) is 2. The lowest BCUT2D eigenvalue weighted by atomic mass is 9.82. The highest BCUT2D eigenvalue weighted by Gasteiger charge is 2.25. The van der Waals surface area contributed by atoms with E-state index in [0.717, 1.165) is 44.2 Å². The average molecular weight is 293 g/mol. The zero-order chi connectivity index (χ0) is 15.2. The topological polar surface area (TPSA) is 49.3 Å². The van der Waals surface area contributed by atoms with Crippen LogP contribution in [0.3, 0.4) is 0 Å². The largest absolute Gasteiger partial charge is 0.481 e. The molecule has 4 heteroatoms. The van der Waals surface area contributed by atoms with E-state index in [0.29, 0.717) is 12.0 Å². The SMILES string of the molecule is CC(Cc1ccc(F)cc1)NCC1CCC(C(=O)O)CC1. The number of aliphatic carboxylic acids is 1. The van der Waals surface area contributed by atoms with Gasteiger partial charge < -0.3 is 10.4 Å². The third-order valence-corrected chi connectivity index (χ3v) is 4.41. The zero-order valence-electron chi connectivity index (χ0n) is 12.5. The van der Waals surface area contributed by atoms with Gasteiger partial charge in [-0.3, -0.25) is 4.79 Å². The van der Waals surface area contributed by atoms with Crippen LogP contribution in [0.15, 0.2) is 24.3 Å². The third-order valence-electron chi connectivity index (χ3n) is 4.41. The predicted octanol–water partition coefficient (Wildman–Crippen LogP) is 3.24. The summed E-state index contributed by atoms with van der Waals surface area (Å²) in [6, 6.07) is 6.98. The number of halogens is 1. The maximum absolute atomic E-state index is 12.8. The molecule has 116 valence electrons. The van der Waals surface area contributed by atoms with E-state index in [4.69, 9.17) is 5.11 Å². The summed E-state index contributed by atoms with van der Waals surface area (Å²) in [5.41, 5.74) is 1.13. The predicted molar refractivity (Wildman–Crippen MR) is 80.7 cm³/mol. The second-order valence-electron chi connectivity index (χ2n) is 6.20. The molecule has 1 aliphatic carbocycles. The molecule has 1 saturated carbocycles. The van der Waals surface area contributed by atoms with Crippen molar-refractivity contribution in [3.05, 3.63) is 35.6 Å². The van der Waals surface area contributed by atoms with Crippen LogP contribution in [-0.4, -0.2) is 23.7 Å². The highest BCUT2D eigenvalue weighted by molar-refractivity contribution is 5.69. The van der Waals surface area contributed by atoms with Gasteiger partial charge in [0.15, 0.2) is 0 Å².